The number of rotatable bonds is 5. The molecule has 158 valence electrons. The van der Waals surface area contributed by atoms with Gasteiger partial charge in [0.1, 0.15) is 5.39 Å². The Bertz CT molecular complexity index is 1360. The Labute approximate surface area is 183 Å². The maximum Gasteiger partial charge on any atom is 0.262 e. The largest absolute Gasteiger partial charge is 0.325 e. The zero-order valence-electron chi connectivity index (χ0n) is 17.8. The Kier molecular flexibility index (Phi) is 5.65. The van der Waals surface area contributed by atoms with E-state index in [2.05, 4.69) is 20.4 Å². The molecule has 31 heavy (non-hydrogen) atoms. The summed E-state index contributed by atoms with van der Waals surface area (Å²) in [6.07, 6.45) is 1.51. The second-order valence-corrected chi connectivity index (χ2v) is 8.55. The highest BCUT2D eigenvalue weighted by Crippen LogP contribution is 2.21. The van der Waals surface area contributed by atoms with Gasteiger partial charge >= 0.3 is 0 Å². The van der Waals surface area contributed by atoms with Gasteiger partial charge in [-0.3, -0.25) is 9.59 Å². The Morgan fingerprint density at radius 1 is 1.06 bits per heavy atom. The highest BCUT2D eigenvalue weighted by Gasteiger charge is 2.14. The quantitative estimate of drug-likeness (QED) is 0.366. The van der Waals surface area contributed by atoms with Gasteiger partial charge in [0.05, 0.1) is 17.6 Å². The van der Waals surface area contributed by atoms with Gasteiger partial charge in [0.25, 0.3) is 5.56 Å². The number of fused-ring (bicyclic) bond motifs is 1. The van der Waals surface area contributed by atoms with E-state index in [1.165, 1.54) is 23.5 Å². The molecule has 2 aromatic heterocycles. The zero-order valence-corrected chi connectivity index (χ0v) is 18.6. The van der Waals surface area contributed by atoms with Gasteiger partial charge in [-0.2, -0.15) is 5.10 Å². The van der Waals surface area contributed by atoms with Gasteiger partial charge in [-0.1, -0.05) is 35.5 Å². The number of aromatic nitrogens is 4. The molecule has 7 nitrogen and oxygen atoms in total. The van der Waals surface area contributed by atoms with E-state index in [9.17, 15) is 9.59 Å². The standard InChI is InChI=1S/C23H23N5O2S/c1-13-5-8-19(16(4)9-13)25-20(29)12-31-23-26-21-18(22(30)27-23)11-24-28(21)17-7-6-14(2)15(3)10-17/h5-11H,12H2,1-4H3,(H,25,29)(H,26,27,30). The van der Waals surface area contributed by atoms with Crippen LogP contribution in [0.1, 0.15) is 22.3 Å². The molecular formula is C23H23N5O2S. The number of hydrogen-bond donors (Lipinski definition) is 2. The normalized spacial score (nSPS) is 11.1. The van der Waals surface area contributed by atoms with Crippen LogP contribution in [0.15, 0.2) is 52.5 Å². The number of aromatic amines is 1. The van der Waals surface area contributed by atoms with E-state index in [4.69, 9.17) is 0 Å². The van der Waals surface area contributed by atoms with Gasteiger partial charge < -0.3 is 10.3 Å². The van der Waals surface area contributed by atoms with Gasteiger partial charge in [-0.25, -0.2) is 9.67 Å². The third kappa shape index (κ3) is 4.39. The first-order chi connectivity index (χ1) is 14.8. The van der Waals surface area contributed by atoms with Crippen LogP contribution in [0.4, 0.5) is 5.69 Å². The Hall–Kier alpha value is -3.39. The van der Waals surface area contributed by atoms with E-state index >= 15 is 0 Å². The summed E-state index contributed by atoms with van der Waals surface area (Å²) in [5, 5.41) is 8.04. The second-order valence-electron chi connectivity index (χ2n) is 7.59. The Morgan fingerprint density at radius 2 is 1.87 bits per heavy atom. The highest BCUT2D eigenvalue weighted by atomic mass is 32.2. The van der Waals surface area contributed by atoms with Crippen LogP contribution in [-0.4, -0.2) is 31.4 Å². The fourth-order valence-electron chi connectivity index (χ4n) is 3.29. The summed E-state index contributed by atoms with van der Waals surface area (Å²) in [6, 6.07) is 11.8. The van der Waals surface area contributed by atoms with Crippen LogP contribution in [0.5, 0.6) is 0 Å². The van der Waals surface area contributed by atoms with Gasteiger partial charge in [0.2, 0.25) is 5.91 Å². The topological polar surface area (TPSA) is 92.7 Å². The van der Waals surface area contributed by atoms with Gasteiger partial charge in [0.15, 0.2) is 10.8 Å². The summed E-state index contributed by atoms with van der Waals surface area (Å²) in [5.74, 6) is -0.0399. The number of nitrogens with one attached hydrogen (secondary N) is 2. The maximum atomic E-state index is 12.5. The Morgan fingerprint density at radius 3 is 2.61 bits per heavy atom. The van der Waals surface area contributed by atoms with Crippen molar-refractivity contribution in [2.75, 3.05) is 11.1 Å². The van der Waals surface area contributed by atoms with Crippen LogP contribution in [0.2, 0.25) is 0 Å². The molecule has 0 radical (unpaired) electrons. The summed E-state index contributed by atoms with van der Waals surface area (Å²) in [7, 11) is 0. The number of nitrogens with zero attached hydrogens (tertiary/aromatic N) is 3. The lowest BCUT2D eigenvalue weighted by atomic mass is 10.1. The lowest BCUT2D eigenvalue weighted by Crippen LogP contribution is -2.16. The number of thioether (sulfide) groups is 1. The zero-order chi connectivity index (χ0) is 22.1. The monoisotopic (exact) mass is 433 g/mol. The third-order valence-electron chi connectivity index (χ3n) is 5.15. The third-order valence-corrected chi connectivity index (χ3v) is 6.02. The first-order valence-electron chi connectivity index (χ1n) is 9.87. The number of anilines is 1. The highest BCUT2D eigenvalue weighted by molar-refractivity contribution is 7.99. The van der Waals surface area contributed by atoms with E-state index in [1.54, 1.807) is 4.68 Å². The summed E-state index contributed by atoms with van der Waals surface area (Å²) in [5.41, 5.74) is 6.24. The van der Waals surface area contributed by atoms with Crippen LogP contribution < -0.4 is 10.9 Å². The van der Waals surface area contributed by atoms with Crippen molar-refractivity contribution < 1.29 is 4.79 Å². The molecule has 0 saturated carbocycles. The molecule has 1 amide bonds. The summed E-state index contributed by atoms with van der Waals surface area (Å²) >= 11 is 1.18. The fraction of sp³-hybridized carbons (Fsp3) is 0.217. The number of amides is 1. The average molecular weight is 434 g/mol. The smallest absolute Gasteiger partial charge is 0.262 e. The average Bonchev–Trinajstić information content (AvgIpc) is 3.15. The molecule has 0 unspecified atom stereocenters. The van der Waals surface area contributed by atoms with E-state index < -0.39 is 0 Å². The molecule has 0 atom stereocenters. The molecule has 0 bridgehead atoms. The summed E-state index contributed by atoms with van der Waals surface area (Å²) in [4.78, 5) is 32.2. The number of carbonyl (C=O) groups is 1. The molecule has 2 aromatic carbocycles. The molecule has 0 aliphatic rings. The predicted octanol–water partition coefficient (Wildman–Crippen LogP) is 4.07. The SMILES string of the molecule is Cc1ccc(NC(=O)CSc2nc3c(cnn3-c3ccc(C)c(C)c3)c(=O)[nH]2)c(C)c1. The van der Waals surface area contributed by atoms with Crippen LogP contribution in [0, 0.1) is 27.7 Å². The second kappa shape index (κ2) is 8.39. The molecule has 0 aliphatic heterocycles. The number of aryl methyl sites for hydroxylation is 4. The minimum absolute atomic E-state index is 0.125. The van der Waals surface area contributed by atoms with E-state index in [0.29, 0.717) is 16.2 Å². The molecule has 2 N–H and O–H groups in total. The first kappa shape index (κ1) is 20.9. The van der Waals surface area contributed by atoms with Crippen molar-refractivity contribution in [1.82, 2.24) is 19.7 Å². The van der Waals surface area contributed by atoms with Crippen molar-refractivity contribution in [3.8, 4) is 5.69 Å². The van der Waals surface area contributed by atoms with Crippen molar-refractivity contribution in [2.24, 2.45) is 0 Å². The molecule has 0 aliphatic carbocycles. The first-order valence-corrected chi connectivity index (χ1v) is 10.9. The van der Waals surface area contributed by atoms with Crippen molar-refractivity contribution >= 4 is 34.4 Å². The molecule has 0 spiro atoms. The number of carbonyl (C=O) groups excluding carboxylic acids is 1. The number of H-pyrrole nitrogens is 1. The molecule has 8 heteroatoms. The van der Waals surface area contributed by atoms with Gasteiger partial charge in [-0.05, 0) is 62.6 Å². The number of benzene rings is 2. The lowest BCUT2D eigenvalue weighted by Gasteiger charge is -2.09. The Balaban J connectivity index is 1.56. The predicted molar refractivity (Wildman–Crippen MR) is 124 cm³/mol. The van der Waals surface area contributed by atoms with Crippen molar-refractivity contribution in [2.45, 2.75) is 32.9 Å². The minimum Gasteiger partial charge on any atom is -0.325 e. The molecule has 4 rings (SSSR count). The van der Waals surface area contributed by atoms with Crippen molar-refractivity contribution in [1.29, 1.82) is 0 Å². The van der Waals surface area contributed by atoms with E-state index in [0.717, 1.165) is 28.1 Å². The van der Waals surface area contributed by atoms with Crippen molar-refractivity contribution in [3.63, 3.8) is 0 Å². The molecule has 2 heterocycles. The van der Waals surface area contributed by atoms with Crippen LogP contribution >= 0.6 is 11.8 Å². The molecule has 0 fully saturated rings. The molecule has 4 aromatic rings. The van der Waals surface area contributed by atoms with Crippen molar-refractivity contribution in [3.05, 3.63) is 75.2 Å². The minimum atomic E-state index is -0.280. The molecule has 0 saturated heterocycles. The van der Waals surface area contributed by atoms with Gasteiger partial charge in [-0.15, -0.1) is 0 Å². The fourth-order valence-corrected chi connectivity index (χ4v) is 3.94. The maximum absolute atomic E-state index is 12.5. The molecular weight excluding hydrogens is 410 g/mol. The van der Waals surface area contributed by atoms with E-state index in [-0.39, 0.29) is 17.2 Å². The summed E-state index contributed by atoms with van der Waals surface area (Å²) < 4.78 is 1.65. The number of hydrogen-bond acceptors (Lipinski definition) is 5. The summed E-state index contributed by atoms with van der Waals surface area (Å²) in [6.45, 7) is 8.04. The van der Waals surface area contributed by atoms with Crippen LogP contribution in [-0.2, 0) is 4.79 Å². The van der Waals surface area contributed by atoms with Crippen LogP contribution in [0.25, 0.3) is 16.7 Å². The van der Waals surface area contributed by atoms with E-state index in [1.807, 2.05) is 64.1 Å². The lowest BCUT2D eigenvalue weighted by molar-refractivity contribution is -0.113. The van der Waals surface area contributed by atoms with Gasteiger partial charge in [0, 0.05) is 5.69 Å². The van der Waals surface area contributed by atoms with Crippen LogP contribution in [0.3, 0.4) is 0 Å².